The predicted molar refractivity (Wildman–Crippen MR) is 142 cm³/mol. The van der Waals surface area contributed by atoms with E-state index in [9.17, 15) is 18.0 Å². The zero-order chi connectivity index (χ0) is 26.5. The molecule has 7 nitrogen and oxygen atoms in total. The fraction of sp³-hybridized carbons (Fsp3) is 0.440. The summed E-state index contributed by atoms with van der Waals surface area (Å²) in [6.07, 6.45) is 1.77. The minimum absolute atomic E-state index is 0.0587. The van der Waals surface area contributed by atoms with Gasteiger partial charge in [-0.1, -0.05) is 48.3 Å². The normalized spacial score (nSPS) is 13.1. The lowest BCUT2D eigenvalue weighted by Crippen LogP contribution is -2.52. The molecular formula is C25H33Cl2N3O4S. The molecule has 0 aliphatic carbocycles. The number of hydrogen-bond acceptors (Lipinski definition) is 4. The molecule has 0 aromatic heterocycles. The quantitative estimate of drug-likeness (QED) is 0.471. The van der Waals surface area contributed by atoms with Crippen molar-refractivity contribution < 1.29 is 18.0 Å². The number of benzene rings is 2. The van der Waals surface area contributed by atoms with E-state index in [0.717, 1.165) is 28.1 Å². The average molecular weight is 543 g/mol. The fourth-order valence-electron chi connectivity index (χ4n) is 3.50. The van der Waals surface area contributed by atoms with Crippen molar-refractivity contribution >= 4 is 50.7 Å². The largest absolute Gasteiger partial charge is 0.352 e. The summed E-state index contributed by atoms with van der Waals surface area (Å²) in [5.74, 6) is -0.910. The highest BCUT2D eigenvalue weighted by molar-refractivity contribution is 7.92. The number of carbonyl (C=O) groups is 2. The summed E-state index contributed by atoms with van der Waals surface area (Å²) in [4.78, 5) is 27.9. The molecule has 0 aliphatic rings. The first-order chi connectivity index (χ1) is 16.3. The van der Waals surface area contributed by atoms with Gasteiger partial charge in [-0.05, 0) is 63.4 Å². The van der Waals surface area contributed by atoms with Crippen LogP contribution in [0, 0.1) is 13.8 Å². The lowest BCUT2D eigenvalue weighted by Gasteiger charge is -2.33. The van der Waals surface area contributed by atoms with Crippen molar-refractivity contribution in [1.29, 1.82) is 0 Å². The molecule has 2 unspecified atom stereocenters. The van der Waals surface area contributed by atoms with Crippen molar-refractivity contribution in [1.82, 2.24) is 10.2 Å². The highest BCUT2D eigenvalue weighted by Gasteiger charge is 2.31. The van der Waals surface area contributed by atoms with E-state index in [2.05, 4.69) is 5.32 Å². The summed E-state index contributed by atoms with van der Waals surface area (Å²) in [5, 5.41) is 3.57. The van der Waals surface area contributed by atoms with Crippen LogP contribution < -0.4 is 9.62 Å². The Kier molecular flexibility index (Phi) is 10.0. The maximum atomic E-state index is 13.7. The number of nitrogens with one attached hydrogen (secondary N) is 1. The summed E-state index contributed by atoms with van der Waals surface area (Å²) < 4.78 is 26.6. The van der Waals surface area contributed by atoms with Gasteiger partial charge < -0.3 is 10.2 Å². The van der Waals surface area contributed by atoms with Crippen LogP contribution in [0.5, 0.6) is 0 Å². The molecule has 0 radical (unpaired) electrons. The first kappa shape index (κ1) is 28.9. The minimum atomic E-state index is -3.81. The third kappa shape index (κ3) is 7.35. The van der Waals surface area contributed by atoms with Gasteiger partial charge in [0.15, 0.2) is 0 Å². The number of sulfonamides is 1. The van der Waals surface area contributed by atoms with Gasteiger partial charge in [0.1, 0.15) is 12.6 Å². The van der Waals surface area contributed by atoms with Gasteiger partial charge >= 0.3 is 0 Å². The van der Waals surface area contributed by atoms with Gasteiger partial charge in [-0.2, -0.15) is 0 Å². The Morgan fingerprint density at radius 3 is 2.14 bits per heavy atom. The van der Waals surface area contributed by atoms with Crippen molar-refractivity contribution in [2.45, 2.75) is 59.7 Å². The number of aryl methyl sites for hydroxylation is 1. The molecule has 192 valence electrons. The van der Waals surface area contributed by atoms with Crippen LogP contribution in [0.15, 0.2) is 36.4 Å². The van der Waals surface area contributed by atoms with E-state index in [-0.39, 0.29) is 18.5 Å². The molecule has 0 saturated carbocycles. The number of amides is 2. The van der Waals surface area contributed by atoms with E-state index in [1.54, 1.807) is 44.2 Å². The van der Waals surface area contributed by atoms with Crippen LogP contribution in [-0.2, 0) is 26.2 Å². The van der Waals surface area contributed by atoms with Crippen LogP contribution in [0.3, 0.4) is 0 Å². The van der Waals surface area contributed by atoms with Crippen LogP contribution in [0.2, 0.25) is 10.0 Å². The lowest BCUT2D eigenvalue weighted by molar-refractivity contribution is -0.139. The Balaban J connectivity index is 2.49. The minimum Gasteiger partial charge on any atom is -0.352 e. The van der Waals surface area contributed by atoms with Crippen molar-refractivity contribution in [2.24, 2.45) is 0 Å². The number of hydrogen-bond donors (Lipinski definition) is 1. The first-order valence-corrected chi connectivity index (χ1v) is 13.9. The molecule has 0 spiro atoms. The van der Waals surface area contributed by atoms with Gasteiger partial charge in [-0.3, -0.25) is 13.9 Å². The summed E-state index contributed by atoms with van der Waals surface area (Å²) in [6.45, 7) is 8.54. The molecule has 35 heavy (non-hydrogen) atoms. The monoisotopic (exact) mass is 541 g/mol. The van der Waals surface area contributed by atoms with E-state index < -0.39 is 28.5 Å². The van der Waals surface area contributed by atoms with Crippen molar-refractivity contribution in [3.8, 4) is 0 Å². The van der Waals surface area contributed by atoms with Crippen LogP contribution >= 0.6 is 23.2 Å². The standard InChI is InChI=1S/C25H33Cl2N3O4S/c1-7-17(3)28-25(32)19(5)29(14-20-21(26)11-9-12-22(20)27)24(31)15-30(35(6,33)34)23-13-8-10-16(2)18(23)4/h8-13,17,19H,7,14-15H2,1-6H3,(H,28,32). The molecule has 2 aromatic carbocycles. The molecule has 2 amide bonds. The second kappa shape index (κ2) is 12.1. The van der Waals surface area contributed by atoms with Crippen molar-refractivity contribution in [3.63, 3.8) is 0 Å². The SMILES string of the molecule is CCC(C)NC(=O)C(C)N(Cc1c(Cl)cccc1Cl)C(=O)CN(c1cccc(C)c1C)S(C)(=O)=O. The van der Waals surface area contributed by atoms with E-state index in [1.165, 1.54) is 4.90 Å². The lowest BCUT2D eigenvalue weighted by atomic mass is 10.1. The summed E-state index contributed by atoms with van der Waals surface area (Å²) >= 11 is 12.7. The van der Waals surface area contributed by atoms with Gasteiger partial charge in [0.2, 0.25) is 21.8 Å². The van der Waals surface area contributed by atoms with Gasteiger partial charge in [0.25, 0.3) is 0 Å². The number of rotatable bonds is 10. The fourth-order valence-corrected chi connectivity index (χ4v) is 4.92. The summed E-state index contributed by atoms with van der Waals surface area (Å²) in [7, 11) is -3.81. The summed E-state index contributed by atoms with van der Waals surface area (Å²) in [6, 6.07) is 9.26. The molecule has 2 aromatic rings. The number of nitrogens with zero attached hydrogens (tertiary/aromatic N) is 2. The molecule has 2 atom stereocenters. The summed E-state index contributed by atoms with van der Waals surface area (Å²) in [5.41, 5.74) is 2.52. The second-order valence-electron chi connectivity index (χ2n) is 8.70. The van der Waals surface area contributed by atoms with Crippen LogP contribution in [0.25, 0.3) is 0 Å². The highest BCUT2D eigenvalue weighted by Crippen LogP contribution is 2.28. The van der Waals surface area contributed by atoms with Crippen LogP contribution in [-0.4, -0.2) is 50.0 Å². The number of halogens is 2. The maximum Gasteiger partial charge on any atom is 0.244 e. The van der Waals surface area contributed by atoms with E-state index in [4.69, 9.17) is 23.2 Å². The third-order valence-corrected chi connectivity index (χ3v) is 7.92. The Morgan fingerprint density at radius 2 is 1.60 bits per heavy atom. The zero-order valence-corrected chi connectivity index (χ0v) is 23.3. The molecule has 1 N–H and O–H groups in total. The topological polar surface area (TPSA) is 86.8 Å². The highest BCUT2D eigenvalue weighted by atomic mass is 35.5. The second-order valence-corrected chi connectivity index (χ2v) is 11.4. The Bertz CT molecular complexity index is 1170. The Morgan fingerprint density at radius 1 is 1.03 bits per heavy atom. The molecule has 10 heteroatoms. The van der Waals surface area contributed by atoms with E-state index in [1.807, 2.05) is 26.8 Å². The Labute approximate surface area is 218 Å². The predicted octanol–water partition coefficient (Wildman–Crippen LogP) is 4.71. The third-order valence-electron chi connectivity index (χ3n) is 6.08. The molecule has 0 saturated heterocycles. The van der Waals surface area contributed by atoms with Gasteiger partial charge in [-0.25, -0.2) is 8.42 Å². The smallest absolute Gasteiger partial charge is 0.244 e. The molecule has 2 rings (SSSR count). The van der Waals surface area contributed by atoms with Gasteiger partial charge in [0.05, 0.1) is 11.9 Å². The molecule has 0 aliphatic heterocycles. The van der Waals surface area contributed by atoms with Crippen molar-refractivity contribution in [3.05, 3.63) is 63.1 Å². The maximum absolute atomic E-state index is 13.7. The van der Waals surface area contributed by atoms with Crippen molar-refractivity contribution in [2.75, 3.05) is 17.1 Å². The van der Waals surface area contributed by atoms with E-state index in [0.29, 0.717) is 21.3 Å². The molecule has 0 fully saturated rings. The average Bonchev–Trinajstić information content (AvgIpc) is 2.78. The van der Waals surface area contributed by atoms with Crippen LogP contribution in [0.4, 0.5) is 5.69 Å². The van der Waals surface area contributed by atoms with Crippen LogP contribution in [0.1, 0.15) is 43.9 Å². The number of carbonyl (C=O) groups excluding carboxylic acids is 2. The molecule has 0 bridgehead atoms. The molecule has 0 heterocycles. The van der Waals surface area contributed by atoms with E-state index >= 15 is 0 Å². The Hall–Kier alpha value is -2.29. The van der Waals surface area contributed by atoms with Gasteiger partial charge in [0, 0.05) is 28.2 Å². The molecular weight excluding hydrogens is 509 g/mol. The number of anilines is 1. The first-order valence-electron chi connectivity index (χ1n) is 11.3. The zero-order valence-electron chi connectivity index (χ0n) is 20.9. The van der Waals surface area contributed by atoms with Gasteiger partial charge in [-0.15, -0.1) is 0 Å².